The van der Waals surface area contributed by atoms with Crippen LogP contribution in [0.3, 0.4) is 0 Å². The van der Waals surface area contributed by atoms with E-state index >= 15 is 0 Å². The number of thiol groups is 1. The predicted molar refractivity (Wildman–Crippen MR) is 96.7 cm³/mol. The number of aliphatic carboxylic acids is 1. The Kier molecular flexibility index (Phi) is 7.43. The molecule has 1 aromatic heterocycles. The van der Waals surface area contributed by atoms with Gasteiger partial charge >= 0.3 is 12.1 Å². The second-order valence-electron chi connectivity index (χ2n) is 6.50. The summed E-state index contributed by atoms with van der Waals surface area (Å²) in [5, 5.41) is 9.56. The number of hydrogen-bond donors (Lipinski definition) is 2. The minimum Gasteiger partial charge on any atom is -0.481 e. The summed E-state index contributed by atoms with van der Waals surface area (Å²) >= 11 is 4.09. The molecule has 2 rings (SSSR count). The van der Waals surface area contributed by atoms with Gasteiger partial charge in [-0.25, -0.2) is 0 Å². The molecule has 0 bridgehead atoms. The SMILES string of the molecule is O=C(O)CCCCCCCCCc1cc(C(F)(F)F)cc2oc(S)cc12. The lowest BCUT2D eigenvalue weighted by atomic mass is 9.99. The third-order valence-electron chi connectivity index (χ3n) is 4.37. The van der Waals surface area contributed by atoms with Gasteiger partial charge in [-0.1, -0.05) is 32.1 Å². The van der Waals surface area contributed by atoms with E-state index in [9.17, 15) is 18.0 Å². The van der Waals surface area contributed by atoms with Crippen molar-refractivity contribution in [3.05, 3.63) is 29.3 Å². The summed E-state index contributed by atoms with van der Waals surface area (Å²) in [7, 11) is 0. The molecule has 0 unspecified atom stereocenters. The largest absolute Gasteiger partial charge is 0.481 e. The highest BCUT2D eigenvalue weighted by Gasteiger charge is 2.31. The summed E-state index contributed by atoms with van der Waals surface area (Å²) in [5.74, 6) is -0.763. The lowest BCUT2D eigenvalue weighted by Gasteiger charge is -2.10. The molecule has 0 aliphatic rings. The Balaban J connectivity index is 1.83. The Morgan fingerprint density at radius 1 is 1.00 bits per heavy atom. The molecule has 2 aromatic rings. The third-order valence-corrected chi connectivity index (χ3v) is 4.59. The molecule has 3 nitrogen and oxygen atoms in total. The van der Waals surface area contributed by atoms with E-state index in [0.29, 0.717) is 28.9 Å². The first-order valence-corrected chi connectivity index (χ1v) is 9.26. The summed E-state index contributed by atoms with van der Waals surface area (Å²) < 4.78 is 44.4. The fraction of sp³-hybridized carbons (Fsp3) is 0.526. The summed E-state index contributed by atoms with van der Waals surface area (Å²) in [4.78, 5) is 10.4. The summed E-state index contributed by atoms with van der Waals surface area (Å²) in [5.41, 5.74) is 0.166. The normalized spacial score (nSPS) is 12.0. The number of hydrogen-bond acceptors (Lipinski definition) is 3. The second-order valence-corrected chi connectivity index (χ2v) is 6.94. The average molecular weight is 388 g/mol. The zero-order chi connectivity index (χ0) is 19.2. The zero-order valence-corrected chi connectivity index (χ0v) is 15.3. The van der Waals surface area contributed by atoms with Crippen LogP contribution in [-0.4, -0.2) is 11.1 Å². The molecule has 1 N–H and O–H groups in total. The number of carboxylic acid groups (broad SMARTS) is 1. The second kappa shape index (κ2) is 9.35. The van der Waals surface area contributed by atoms with Gasteiger partial charge in [0.1, 0.15) is 5.58 Å². The first-order valence-electron chi connectivity index (χ1n) is 8.82. The van der Waals surface area contributed by atoms with E-state index in [2.05, 4.69) is 12.6 Å². The minimum atomic E-state index is -4.40. The summed E-state index contributed by atoms with van der Waals surface area (Å²) in [6.07, 6.45) is 2.72. The van der Waals surface area contributed by atoms with Crippen LogP contribution in [0.25, 0.3) is 11.0 Å². The lowest BCUT2D eigenvalue weighted by Crippen LogP contribution is -2.05. The van der Waals surface area contributed by atoms with Crippen LogP contribution in [0.4, 0.5) is 13.2 Å². The molecule has 7 heteroatoms. The Bertz CT molecular complexity index is 737. The van der Waals surface area contributed by atoms with Crippen LogP contribution in [0.5, 0.6) is 0 Å². The van der Waals surface area contributed by atoms with Crippen molar-refractivity contribution in [2.24, 2.45) is 0 Å². The van der Waals surface area contributed by atoms with E-state index in [4.69, 9.17) is 9.52 Å². The van der Waals surface area contributed by atoms with Crippen LogP contribution < -0.4 is 0 Å². The monoisotopic (exact) mass is 388 g/mol. The Morgan fingerprint density at radius 2 is 1.62 bits per heavy atom. The molecule has 0 radical (unpaired) electrons. The summed E-state index contributed by atoms with van der Waals surface area (Å²) in [6.45, 7) is 0. The molecule has 0 atom stereocenters. The van der Waals surface area contributed by atoms with Crippen LogP contribution in [0, 0.1) is 0 Å². The van der Waals surface area contributed by atoms with Gasteiger partial charge in [-0.05, 0) is 43.0 Å². The maximum atomic E-state index is 13.0. The van der Waals surface area contributed by atoms with Gasteiger partial charge in [-0.3, -0.25) is 4.79 Å². The zero-order valence-electron chi connectivity index (χ0n) is 14.4. The van der Waals surface area contributed by atoms with Gasteiger partial charge < -0.3 is 9.52 Å². The highest BCUT2D eigenvalue weighted by molar-refractivity contribution is 7.80. The van der Waals surface area contributed by atoms with Crippen molar-refractivity contribution in [2.45, 2.75) is 69.1 Å². The van der Waals surface area contributed by atoms with Gasteiger partial charge in [-0.15, -0.1) is 12.6 Å². The van der Waals surface area contributed by atoms with Crippen LogP contribution in [0.2, 0.25) is 0 Å². The molecule has 1 heterocycles. The van der Waals surface area contributed by atoms with Gasteiger partial charge in [-0.2, -0.15) is 13.2 Å². The molecule has 144 valence electrons. The quantitative estimate of drug-likeness (QED) is 0.361. The number of fused-ring (bicyclic) bond motifs is 1. The van der Waals surface area contributed by atoms with Gasteiger partial charge in [0, 0.05) is 11.8 Å². The highest BCUT2D eigenvalue weighted by atomic mass is 32.1. The molecule has 0 aliphatic carbocycles. The van der Waals surface area contributed by atoms with Crippen molar-refractivity contribution in [1.29, 1.82) is 0 Å². The molecular formula is C19H23F3O3S. The van der Waals surface area contributed by atoms with E-state index < -0.39 is 17.7 Å². The molecular weight excluding hydrogens is 365 g/mol. The number of rotatable bonds is 10. The number of benzene rings is 1. The van der Waals surface area contributed by atoms with E-state index in [1.165, 1.54) is 6.07 Å². The fourth-order valence-electron chi connectivity index (χ4n) is 3.04. The van der Waals surface area contributed by atoms with Crippen LogP contribution in [-0.2, 0) is 17.4 Å². The van der Waals surface area contributed by atoms with Crippen LogP contribution in [0.15, 0.2) is 27.7 Å². The standard InChI is InChI=1S/C19H23F3O3S/c20-19(21,22)14-10-13(15-12-18(26)25-16(15)11-14)8-6-4-2-1-3-5-7-9-17(23)24/h10-12,26H,1-9H2,(H,23,24). The molecule has 0 aliphatic heterocycles. The van der Waals surface area contributed by atoms with Gasteiger partial charge in [0.2, 0.25) is 0 Å². The van der Waals surface area contributed by atoms with Crippen LogP contribution >= 0.6 is 12.6 Å². The Labute approximate surface area is 156 Å². The van der Waals surface area contributed by atoms with Crippen molar-refractivity contribution in [1.82, 2.24) is 0 Å². The van der Waals surface area contributed by atoms with Crippen molar-refractivity contribution in [3.63, 3.8) is 0 Å². The van der Waals surface area contributed by atoms with Crippen LogP contribution in [0.1, 0.15) is 62.5 Å². The molecule has 0 spiro atoms. The third kappa shape index (κ3) is 6.27. The highest BCUT2D eigenvalue weighted by Crippen LogP contribution is 2.35. The molecule has 1 aromatic carbocycles. The topological polar surface area (TPSA) is 50.4 Å². The number of furan rings is 1. The lowest BCUT2D eigenvalue weighted by molar-refractivity contribution is -0.138. The Hall–Kier alpha value is -1.63. The van der Waals surface area contributed by atoms with Crippen molar-refractivity contribution in [2.75, 3.05) is 0 Å². The smallest absolute Gasteiger partial charge is 0.416 e. The Morgan fingerprint density at radius 3 is 2.23 bits per heavy atom. The number of carbonyl (C=O) groups is 1. The fourth-order valence-corrected chi connectivity index (χ4v) is 3.27. The predicted octanol–water partition coefficient (Wildman–Crippen LogP) is 6.49. The van der Waals surface area contributed by atoms with Crippen molar-refractivity contribution in [3.8, 4) is 0 Å². The molecule has 26 heavy (non-hydrogen) atoms. The first-order chi connectivity index (χ1) is 12.3. The molecule has 0 fully saturated rings. The van der Waals surface area contributed by atoms with Gasteiger partial charge in [0.05, 0.1) is 5.56 Å². The van der Waals surface area contributed by atoms with Crippen molar-refractivity contribution >= 4 is 29.6 Å². The molecule has 0 saturated carbocycles. The van der Waals surface area contributed by atoms with Gasteiger partial charge in [0.25, 0.3) is 0 Å². The van der Waals surface area contributed by atoms with Crippen molar-refractivity contribution < 1.29 is 27.5 Å². The number of unbranched alkanes of at least 4 members (excludes halogenated alkanes) is 6. The maximum absolute atomic E-state index is 13.0. The maximum Gasteiger partial charge on any atom is 0.416 e. The van der Waals surface area contributed by atoms with E-state index in [0.717, 1.165) is 44.6 Å². The van der Waals surface area contributed by atoms with E-state index in [-0.39, 0.29) is 12.0 Å². The number of halogens is 3. The molecule has 0 saturated heterocycles. The van der Waals surface area contributed by atoms with E-state index in [1.807, 2.05) is 0 Å². The minimum absolute atomic E-state index is 0.212. The van der Waals surface area contributed by atoms with E-state index in [1.54, 1.807) is 6.07 Å². The summed E-state index contributed by atoms with van der Waals surface area (Å²) in [6, 6.07) is 3.89. The molecule has 0 amide bonds. The number of alkyl halides is 3. The average Bonchev–Trinajstić information content (AvgIpc) is 2.92. The number of carboxylic acids is 1. The van der Waals surface area contributed by atoms with Gasteiger partial charge in [0.15, 0.2) is 5.09 Å². The first kappa shape index (κ1) is 20.7. The number of aryl methyl sites for hydroxylation is 1.